The lowest BCUT2D eigenvalue weighted by Gasteiger charge is -2.25. The van der Waals surface area contributed by atoms with Crippen molar-refractivity contribution in [2.24, 2.45) is 12.8 Å². The average Bonchev–Trinajstić information content (AvgIpc) is 3.06. The summed E-state index contributed by atoms with van der Waals surface area (Å²) in [5, 5.41) is 9.00. The highest BCUT2D eigenvalue weighted by Gasteiger charge is 2.33. The van der Waals surface area contributed by atoms with Gasteiger partial charge in [-0.05, 0) is 55.1 Å². The van der Waals surface area contributed by atoms with Crippen molar-refractivity contribution in [3.63, 3.8) is 0 Å². The molecule has 0 aromatic carbocycles. The molecule has 1 fully saturated rings. The van der Waals surface area contributed by atoms with Crippen molar-refractivity contribution in [1.82, 2.24) is 9.78 Å². The van der Waals surface area contributed by atoms with Crippen molar-refractivity contribution >= 4 is 17.2 Å². The van der Waals surface area contributed by atoms with E-state index < -0.39 is 0 Å². The molecule has 1 saturated carbocycles. The van der Waals surface area contributed by atoms with Crippen molar-refractivity contribution in [3.8, 4) is 0 Å². The summed E-state index contributed by atoms with van der Waals surface area (Å²) in [5.41, 5.74) is 9.60. The second-order valence-corrected chi connectivity index (χ2v) is 6.32. The van der Waals surface area contributed by atoms with Crippen LogP contribution in [0, 0.1) is 6.92 Å². The van der Waals surface area contributed by atoms with Crippen LogP contribution in [0.25, 0.3) is 0 Å². The number of thiophene rings is 1. The highest BCUT2D eigenvalue weighted by Crippen LogP contribution is 2.36. The number of aryl methyl sites for hydroxylation is 2. The first kappa shape index (κ1) is 13.6. The molecule has 4 nitrogen and oxygen atoms in total. The Balaban J connectivity index is 1.94. The van der Waals surface area contributed by atoms with Crippen LogP contribution in [0.3, 0.4) is 0 Å². The van der Waals surface area contributed by atoms with Gasteiger partial charge in [0.2, 0.25) is 0 Å². The Morgan fingerprint density at radius 3 is 2.90 bits per heavy atom. The van der Waals surface area contributed by atoms with Gasteiger partial charge < -0.3 is 10.6 Å². The maximum absolute atomic E-state index is 5.78. The fourth-order valence-corrected chi connectivity index (χ4v) is 3.49. The standard InChI is InChI=1S/C15H22N4S/c1-11-14(5-7-16)15(18(2)17-11)19(13-3-4-13)9-12-6-8-20-10-12/h6,8,10,13H,3-5,7,9,16H2,1-2H3. The van der Waals surface area contributed by atoms with Gasteiger partial charge in [-0.25, -0.2) is 0 Å². The lowest BCUT2D eigenvalue weighted by molar-refractivity contribution is 0.689. The minimum absolute atomic E-state index is 0.668. The van der Waals surface area contributed by atoms with Gasteiger partial charge in [0.05, 0.1) is 5.69 Å². The van der Waals surface area contributed by atoms with E-state index in [9.17, 15) is 0 Å². The second kappa shape index (κ2) is 5.58. The Bertz CT molecular complexity index is 569. The predicted octanol–water partition coefficient (Wildman–Crippen LogP) is 2.46. The fourth-order valence-electron chi connectivity index (χ4n) is 2.83. The molecule has 0 bridgehead atoms. The monoisotopic (exact) mass is 290 g/mol. The lowest BCUT2D eigenvalue weighted by Crippen LogP contribution is -2.28. The Kier molecular flexibility index (Phi) is 3.81. The molecular weight excluding hydrogens is 268 g/mol. The van der Waals surface area contributed by atoms with Gasteiger partial charge in [-0.15, -0.1) is 0 Å². The molecular formula is C15H22N4S. The zero-order valence-corrected chi connectivity index (χ0v) is 13.0. The van der Waals surface area contributed by atoms with E-state index in [1.165, 1.54) is 29.8 Å². The maximum atomic E-state index is 5.78. The molecule has 0 aliphatic heterocycles. The molecule has 0 spiro atoms. The summed E-state index contributed by atoms with van der Waals surface area (Å²) in [5.74, 6) is 1.27. The van der Waals surface area contributed by atoms with Crippen molar-refractivity contribution in [2.75, 3.05) is 11.4 Å². The zero-order valence-electron chi connectivity index (χ0n) is 12.2. The highest BCUT2D eigenvalue weighted by molar-refractivity contribution is 7.07. The second-order valence-electron chi connectivity index (χ2n) is 5.54. The van der Waals surface area contributed by atoms with Crippen molar-refractivity contribution in [1.29, 1.82) is 0 Å². The minimum atomic E-state index is 0.668. The van der Waals surface area contributed by atoms with Crippen LogP contribution < -0.4 is 10.6 Å². The molecule has 0 atom stereocenters. The Morgan fingerprint density at radius 2 is 2.30 bits per heavy atom. The largest absolute Gasteiger partial charge is 0.349 e. The number of rotatable bonds is 6. The molecule has 0 radical (unpaired) electrons. The van der Waals surface area contributed by atoms with Crippen molar-refractivity contribution in [3.05, 3.63) is 33.6 Å². The first-order valence-corrected chi connectivity index (χ1v) is 8.15. The molecule has 0 unspecified atom stereocenters. The third-order valence-electron chi connectivity index (χ3n) is 3.90. The van der Waals surface area contributed by atoms with Crippen LogP contribution in [0.15, 0.2) is 16.8 Å². The van der Waals surface area contributed by atoms with Crippen LogP contribution in [0.2, 0.25) is 0 Å². The summed E-state index contributed by atoms with van der Waals surface area (Å²) in [6.07, 6.45) is 3.48. The number of nitrogens with zero attached hydrogens (tertiary/aromatic N) is 3. The summed E-state index contributed by atoms with van der Waals surface area (Å²) in [6, 6.07) is 2.88. The van der Waals surface area contributed by atoms with Crippen LogP contribution >= 0.6 is 11.3 Å². The quantitative estimate of drug-likeness (QED) is 0.889. The maximum Gasteiger partial charge on any atom is 0.130 e. The van der Waals surface area contributed by atoms with E-state index in [1.807, 2.05) is 11.7 Å². The van der Waals surface area contributed by atoms with Gasteiger partial charge in [0.15, 0.2) is 0 Å². The van der Waals surface area contributed by atoms with Gasteiger partial charge in [0, 0.05) is 25.2 Å². The van der Waals surface area contributed by atoms with E-state index in [2.05, 4.69) is 33.7 Å². The smallest absolute Gasteiger partial charge is 0.130 e. The molecule has 0 amide bonds. The molecule has 20 heavy (non-hydrogen) atoms. The van der Waals surface area contributed by atoms with Crippen LogP contribution in [0.4, 0.5) is 5.82 Å². The lowest BCUT2D eigenvalue weighted by atomic mass is 10.1. The number of anilines is 1. The molecule has 2 aromatic heterocycles. The Morgan fingerprint density at radius 1 is 1.50 bits per heavy atom. The van der Waals surface area contributed by atoms with Crippen molar-refractivity contribution in [2.45, 2.75) is 38.8 Å². The third kappa shape index (κ3) is 2.60. The number of nitrogens with two attached hydrogens (primary N) is 1. The molecule has 1 aliphatic carbocycles. The van der Waals surface area contributed by atoms with E-state index in [4.69, 9.17) is 5.73 Å². The van der Waals surface area contributed by atoms with E-state index in [0.717, 1.165) is 18.7 Å². The fraction of sp³-hybridized carbons (Fsp3) is 0.533. The molecule has 3 rings (SSSR count). The van der Waals surface area contributed by atoms with Crippen LogP contribution in [-0.4, -0.2) is 22.4 Å². The van der Waals surface area contributed by atoms with Crippen LogP contribution in [0.1, 0.15) is 29.7 Å². The van der Waals surface area contributed by atoms with Crippen LogP contribution in [0.5, 0.6) is 0 Å². The van der Waals surface area contributed by atoms with Gasteiger partial charge in [0.1, 0.15) is 5.82 Å². The molecule has 2 heterocycles. The molecule has 5 heteroatoms. The molecule has 0 saturated heterocycles. The van der Waals surface area contributed by atoms with E-state index in [1.54, 1.807) is 11.3 Å². The van der Waals surface area contributed by atoms with Gasteiger partial charge in [-0.3, -0.25) is 4.68 Å². The topological polar surface area (TPSA) is 47.1 Å². The summed E-state index contributed by atoms with van der Waals surface area (Å²) in [6.45, 7) is 3.74. The number of aromatic nitrogens is 2. The van der Waals surface area contributed by atoms with Gasteiger partial charge >= 0.3 is 0 Å². The zero-order chi connectivity index (χ0) is 14.1. The third-order valence-corrected chi connectivity index (χ3v) is 4.63. The molecule has 2 aromatic rings. The van der Waals surface area contributed by atoms with Crippen LogP contribution in [-0.2, 0) is 20.0 Å². The average molecular weight is 290 g/mol. The number of hydrogen-bond acceptors (Lipinski definition) is 4. The highest BCUT2D eigenvalue weighted by atomic mass is 32.1. The first-order valence-electron chi connectivity index (χ1n) is 7.21. The summed E-state index contributed by atoms with van der Waals surface area (Å²) >= 11 is 1.76. The summed E-state index contributed by atoms with van der Waals surface area (Å²) in [7, 11) is 2.05. The van der Waals surface area contributed by atoms with E-state index in [-0.39, 0.29) is 0 Å². The van der Waals surface area contributed by atoms with Gasteiger partial charge in [-0.1, -0.05) is 0 Å². The molecule has 108 valence electrons. The Labute approximate surface area is 124 Å². The van der Waals surface area contributed by atoms with Crippen molar-refractivity contribution < 1.29 is 0 Å². The Hall–Kier alpha value is -1.33. The normalized spacial score (nSPS) is 14.8. The molecule has 2 N–H and O–H groups in total. The SMILES string of the molecule is Cc1nn(C)c(N(Cc2ccsc2)C2CC2)c1CCN. The summed E-state index contributed by atoms with van der Waals surface area (Å²) < 4.78 is 2.03. The summed E-state index contributed by atoms with van der Waals surface area (Å²) in [4.78, 5) is 2.52. The molecule has 1 aliphatic rings. The van der Waals surface area contributed by atoms with E-state index in [0.29, 0.717) is 12.6 Å². The minimum Gasteiger partial charge on any atom is -0.349 e. The number of hydrogen-bond donors (Lipinski definition) is 1. The van der Waals surface area contributed by atoms with E-state index >= 15 is 0 Å². The first-order chi connectivity index (χ1) is 9.70. The predicted molar refractivity (Wildman–Crippen MR) is 84.2 cm³/mol. The van der Waals surface area contributed by atoms with Gasteiger partial charge in [-0.2, -0.15) is 16.4 Å². The van der Waals surface area contributed by atoms with Gasteiger partial charge in [0.25, 0.3) is 0 Å².